The highest BCUT2D eigenvalue weighted by Crippen LogP contribution is 2.39. The van der Waals surface area contributed by atoms with Crippen molar-refractivity contribution in [1.82, 2.24) is 15.5 Å². The molecule has 2 heterocycles. The molecule has 3 aromatic carbocycles. The first-order valence-corrected chi connectivity index (χ1v) is 12.1. The van der Waals surface area contributed by atoms with Gasteiger partial charge in [-0.15, -0.1) is 0 Å². The smallest absolute Gasteiger partial charge is 0.258 e. The van der Waals surface area contributed by atoms with Gasteiger partial charge in [0.25, 0.3) is 5.89 Å². The molecule has 1 aliphatic heterocycles. The number of nitrogens with one attached hydrogen (secondary N) is 1. The van der Waals surface area contributed by atoms with E-state index in [0.29, 0.717) is 16.8 Å². The van der Waals surface area contributed by atoms with Crippen molar-refractivity contribution in [3.63, 3.8) is 0 Å². The summed E-state index contributed by atoms with van der Waals surface area (Å²) in [6.07, 6.45) is 0. The monoisotopic (exact) mass is 480 g/mol. The van der Waals surface area contributed by atoms with E-state index in [9.17, 15) is 0 Å². The molecule has 1 atom stereocenters. The molecule has 0 bridgehead atoms. The molecule has 0 radical (unpaired) electrons. The molecule has 0 spiro atoms. The maximum atomic E-state index is 5.88. The second-order valence-corrected chi connectivity index (χ2v) is 9.58. The van der Waals surface area contributed by atoms with Crippen molar-refractivity contribution in [2.24, 2.45) is 0 Å². The fourth-order valence-corrected chi connectivity index (χ4v) is 4.81. The highest BCUT2D eigenvalue weighted by molar-refractivity contribution is 7.80. The Morgan fingerprint density at radius 3 is 2.34 bits per heavy atom. The summed E-state index contributed by atoms with van der Waals surface area (Å²) in [7, 11) is 0. The fraction of sp³-hybridized carbons (Fsp3) is 0.207. The first-order valence-electron chi connectivity index (χ1n) is 11.7. The lowest BCUT2D eigenvalue weighted by Gasteiger charge is -2.37. The van der Waals surface area contributed by atoms with Crippen LogP contribution in [0.15, 0.2) is 77.0 Å². The first kappa shape index (κ1) is 23.0. The molecule has 1 aromatic heterocycles. The third kappa shape index (κ3) is 4.37. The Hall–Kier alpha value is -3.77. The summed E-state index contributed by atoms with van der Waals surface area (Å²) in [4.78, 5) is 6.87. The van der Waals surface area contributed by atoms with Gasteiger partial charge in [-0.25, -0.2) is 0 Å². The van der Waals surface area contributed by atoms with Crippen molar-refractivity contribution in [3.8, 4) is 11.4 Å². The van der Waals surface area contributed by atoms with Crippen LogP contribution in [0.1, 0.15) is 46.7 Å². The topological polar surface area (TPSA) is 54.2 Å². The van der Waals surface area contributed by atoms with Gasteiger partial charge in [0.15, 0.2) is 5.11 Å². The Kier molecular flexibility index (Phi) is 5.99. The molecule has 0 saturated carbocycles. The van der Waals surface area contributed by atoms with Gasteiger partial charge in [0.05, 0.1) is 11.6 Å². The van der Waals surface area contributed by atoms with Crippen LogP contribution in [0.3, 0.4) is 0 Å². The molecule has 0 aliphatic carbocycles. The SMILES string of the molecule is CC1=C(c2nc(-c3ccc(C)cc3)no2)C(c2ccc(C)c(C)c2)NC(=S)N1c1cccc(C)c1. The van der Waals surface area contributed by atoms with Crippen LogP contribution in [0.25, 0.3) is 17.0 Å². The summed E-state index contributed by atoms with van der Waals surface area (Å²) < 4.78 is 5.88. The average molecular weight is 481 g/mol. The Labute approximate surface area is 211 Å². The summed E-state index contributed by atoms with van der Waals surface area (Å²) in [6.45, 7) is 10.4. The van der Waals surface area contributed by atoms with E-state index in [0.717, 1.165) is 33.6 Å². The molecule has 5 nitrogen and oxygen atoms in total. The number of hydrogen-bond donors (Lipinski definition) is 1. The van der Waals surface area contributed by atoms with Gasteiger partial charge in [-0.2, -0.15) is 4.98 Å². The van der Waals surface area contributed by atoms with Gasteiger partial charge in [0, 0.05) is 16.9 Å². The van der Waals surface area contributed by atoms with Crippen LogP contribution < -0.4 is 10.2 Å². The lowest BCUT2D eigenvalue weighted by Crippen LogP contribution is -2.46. The number of aromatic nitrogens is 2. The molecule has 1 aliphatic rings. The number of thiocarbonyl (C=S) groups is 1. The molecule has 5 rings (SSSR count). The van der Waals surface area contributed by atoms with Gasteiger partial charge in [-0.1, -0.05) is 65.3 Å². The van der Waals surface area contributed by atoms with Crippen molar-refractivity contribution in [2.75, 3.05) is 4.90 Å². The van der Waals surface area contributed by atoms with Crippen LogP contribution in [0.2, 0.25) is 0 Å². The van der Waals surface area contributed by atoms with Crippen molar-refractivity contribution in [1.29, 1.82) is 0 Å². The molecular weight excluding hydrogens is 452 g/mol. The van der Waals surface area contributed by atoms with Crippen LogP contribution in [0.5, 0.6) is 0 Å². The predicted octanol–water partition coefficient (Wildman–Crippen LogP) is 6.84. The van der Waals surface area contributed by atoms with Gasteiger partial charge in [0.2, 0.25) is 5.82 Å². The molecule has 0 fully saturated rings. The molecule has 4 aromatic rings. The Morgan fingerprint density at radius 1 is 0.857 bits per heavy atom. The Bertz CT molecular complexity index is 1450. The van der Waals surface area contributed by atoms with E-state index in [2.05, 4.69) is 81.5 Å². The quantitative estimate of drug-likeness (QED) is 0.323. The van der Waals surface area contributed by atoms with Gasteiger partial charge in [-0.05, 0) is 81.2 Å². The van der Waals surface area contributed by atoms with Crippen LogP contribution in [0.4, 0.5) is 5.69 Å². The zero-order valence-corrected chi connectivity index (χ0v) is 21.4. The van der Waals surface area contributed by atoms with Crippen LogP contribution in [-0.4, -0.2) is 15.3 Å². The maximum absolute atomic E-state index is 5.88. The molecule has 176 valence electrons. The van der Waals surface area contributed by atoms with E-state index in [-0.39, 0.29) is 6.04 Å². The minimum atomic E-state index is -0.214. The minimum absolute atomic E-state index is 0.214. The summed E-state index contributed by atoms with van der Waals surface area (Å²) in [5.41, 5.74) is 9.70. The third-order valence-corrected chi connectivity index (χ3v) is 6.88. The van der Waals surface area contributed by atoms with Crippen molar-refractivity contribution >= 4 is 28.6 Å². The van der Waals surface area contributed by atoms with Crippen LogP contribution in [0, 0.1) is 27.7 Å². The normalized spacial score (nSPS) is 16.0. The summed E-state index contributed by atoms with van der Waals surface area (Å²) in [5.74, 6) is 1.04. The van der Waals surface area contributed by atoms with Crippen LogP contribution in [-0.2, 0) is 0 Å². The van der Waals surface area contributed by atoms with E-state index >= 15 is 0 Å². The predicted molar refractivity (Wildman–Crippen MR) is 145 cm³/mol. The highest BCUT2D eigenvalue weighted by Gasteiger charge is 2.35. The third-order valence-electron chi connectivity index (χ3n) is 6.58. The van der Waals surface area contributed by atoms with Crippen LogP contribution >= 0.6 is 12.2 Å². The number of anilines is 1. The van der Waals surface area contributed by atoms with Crippen molar-refractivity contribution in [3.05, 3.63) is 106 Å². The molecule has 1 N–H and O–H groups in total. The molecule has 6 heteroatoms. The number of rotatable bonds is 4. The first-order chi connectivity index (χ1) is 16.8. The maximum Gasteiger partial charge on any atom is 0.258 e. The van der Waals surface area contributed by atoms with E-state index in [4.69, 9.17) is 21.7 Å². The van der Waals surface area contributed by atoms with Crippen molar-refractivity contribution in [2.45, 2.75) is 40.7 Å². The second kappa shape index (κ2) is 9.12. The molecular formula is C29H28N4OS. The fourth-order valence-electron chi connectivity index (χ4n) is 4.44. The van der Waals surface area contributed by atoms with Crippen molar-refractivity contribution < 1.29 is 4.52 Å². The highest BCUT2D eigenvalue weighted by atomic mass is 32.1. The number of benzene rings is 3. The zero-order chi connectivity index (χ0) is 24.7. The summed E-state index contributed by atoms with van der Waals surface area (Å²) >= 11 is 5.88. The molecule has 35 heavy (non-hydrogen) atoms. The van der Waals surface area contributed by atoms with E-state index in [1.807, 2.05) is 35.2 Å². The van der Waals surface area contributed by atoms with Gasteiger partial charge < -0.3 is 9.84 Å². The molecule has 1 unspecified atom stereocenters. The summed E-state index contributed by atoms with van der Waals surface area (Å²) in [5, 5.41) is 8.51. The van der Waals surface area contributed by atoms with Gasteiger partial charge >= 0.3 is 0 Å². The van der Waals surface area contributed by atoms with E-state index in [1.165, 1.54) is 16.7 Å². The minimum Gasteiger partial charge on any atom is -0.351 e. The van der Waals surface area contributed by atoms with Gasteiger partial charge in [-0.3, -0.25) is 4.90 Å². The molecule has 0 saturated heterocycles. The lowest BCUT2D eigenvalue weighted by atomic mass is 9.92. The number of allylic oxidation sites excluding steroid dienone is 1. The standard InChI is InChI=1S/C29H28N4OS/c1-17-9-12-22(13-10-17)27-31-28(34-32-27)25-21(5)33(24-8-6-7-18(2)15-24)29(35)30-26(25)23-14-11-19(3)20(4)16-23/h6-16,26H,1-5H3,(H,30,35). The molecule has 0 amide bonds. The number of hydrogen-bond acceptors (Lipinski definition) is 4. The van der Waals surface area contributed by atoms with Gasteiger partial charge in [0.1, 0.15) is 0 Å². The number of aryl methyl sites for hydroxylation is 4. The number of nitrogens with zero attached hydrogens (tertiary/aromatic N) is 3. The summed E-state index contributed by atoms with van der Waals surface area (Å²) in [6, 6.07) is 22.7. The second-order valence-electron chi connectivity index (χ2n) is 9.19. The Balaban J connectivity index is 1.67. The Morgan fingerprint density at radius 2 is 1.63 bits per heavy atom. The largest absolute Gasteiger partial charge is 0.351 e. The average Bonchev–Trinajstić information content (AvgIpc) is 3.31. The lowest BCUT2D eigenvalue weighted by molar-refractivity contribution is 0.404. The van der Waals surface area contributed by atoms with E-state index < -0.39 is 0 Å². The zero-order valence-electron chi connectivity index (χ0n) is 20.6. The van der Waals surface area contributed by atoms with E-state index in [1.54, 1.807) is 0 Å².